The predicted molar refractivity (Wildman–Crippen MR) is 88.2 cm³/mol. The molecule has 0 fully saturated rings. The quantitative estimate of drug-likeness (QED) is 0.779. The number of anilines is 1. The summed E-state index contributed by atoms with van der Waals surface area (Å²) in [4.78, 5) is 11.3. The zero-order valence-corrected chi connectivity index (χ0v) is 14.1. The number of aromatic nitrogens is 2. The Morgan fingerprint density at radius 1 is 1.38 bits per heavy atom. The first-order valence-electron chi connectivity index (χ1n) is 7.00. The molecule has 0 radical (unpaired) electrons. The van der Waals surface area contributed by atoms with E-state index >= 15 is 0 Å². The molecule has 2 rings (SSSR count). The van der Waals surface area contributed by atoms with E-state index in [-0.39, 0.29) is 6.04 Å². The van der Waals surface area contributed by atoms with Gasteiger partial charge >= 0.3 is 0 Å². The van der Waals surface area contributed by atoms with E-state index in [0.29, 0.717) is 24.2 Å². The highest BCUT2D eigenvalue weighted by Gasteiger charge is 2.09. The van der Waals surface area contributed by atoms with Gasteiger partial charge in [0.25, 0.3) is 0 Å². The number of ether oxygens (including phenoxy) is 1. The molecule has 1 N–H and O–H groups in total. The van der Waals surface area contributed by atoms with Gasteiger partial charge in [-0.25, -0.2) is 9.97 Å². The van der Waals surface area contributed by atoms with Gasteiger partial charge in [0, 0.05) is 34.9 Å². The van der Waals surface area contributed by atoms with Gasteiger partial charge in [0.15, 0.2) is 5.82 Å². The van der Waals surface area contributed by atoms with Crippen LogP contribution in [-0.4, -0.2) is 22.6 Å². The lowest BCUT2D eigenvalue weighted by molar-refractivity contribution is 0.128. The maximum absolute atomic E-state index is 6.03. The third-order valence-corrected chi connectivity index (χ3v) is 4.09. The van der Waals surface area contributed by atoms with E-state index in [2.05, 4.69) is 41.3 Å². The molecule has 4 nitrogen and oxygen atoms in total. The SMILES string of the molecule is CCOCc1nc(Cl)cc(NC(C)Cc2ccc(C)s2)n1. The van der Waals surface area contributed by atoms with Crippen molar-refractivity contribution in [3.8, 4) is 0 Å². The zero-order valence-electron chi connectivity index (χ0n) is 12.5. The lowest BCUT2D eigenvalue weighted by Gasteiger charge is -2.14. The van der Waals surface area contributed by atoms with Gasteiger partial charge in [-0.2, -0.15) is 0 Å². The van der Waals surface area contributed by atoms with E-state index in [1.165, 1.54) is 9.75 Å². The Labute approximate surface area is 134 Å². The molecule has 0 amide bonds. The standard InChI is InChI=1S/C15H20ClN3OS/c1-4-20-9-15-18-13(16)8-14(19-15)17-10(2)7-12-6-5-11(3)21-12/h5-6,8,10H,4,7,9H2,1-3H3,(H,17,18,19). The largest absolute Gasteiger partial charge is 0.374 e. The molecule has 0 aliphatic carbocycles. The van der Waals surface area contributed by atoms with Gasteiger partial charge in [-0.05, 0) is 32.9 Å². The van der Waals surface area contributed by atoms with E-state index < -0.39 is 0 Å². The van der Waals surface area contributed by atoms with Crippen LogP contribution in [0.25, 0.3) is 0 Å². The van der Waals surface area contributed by atoms with Gasteiger partial charge in [0.2, 0.25) is 0 Å². The minimum absolute atomic E-state index is 0.272. The Bertz CT molecular complexity index is 588. The first-order valence-corrected chi connectivity index (χ1v) is 8.19. The molecule has 1 unspecified atom stereocenters. The fraction of sp³-hybridized carbons (Fsp3) is 0.467. The van der Waals surface area contributed by atoms with Crippen LogP contribution >= 0.6 is 22.9 Å². The molecule has 0 saturated heterocycles. The summed E-state index contributed by atoms with van der Waals surface area (Å²) in [5, 5.41) is 3.80. The first kappa shape index (κ1) is 16.2. The van der Waals surface area contributed by atoms with Gasteiger partial charge in [-0.3, -0.25) is 0 Å². The van der Waals surface area contributed by atoms with Crippen molar-refractivity contribution in [2.45, 2.75) is 39.8 Å². The van der Waals surface area contributed by atoms with Crippen molar-refractivity contribution >= 4 is 28.8 Å². The fourth-order valence-electron chi connectivity index (χ4n) is 2.00. The monoisotopic (exact) mass is 325 g/mol. The number of hydrogen-bond acceptors (Lipinski definition) is 5. The van der Waals surface area contributed by atoms with Crippen LogP contribution in [0.2, 0.25) is 5.15 Å². The minimum Gasteiger partial charge on any atom is -0.374 e. The molecule has 0 saturated carbocycles. The second kappa shape index (κ2) is 7.73. The number of aryl methyl sites for hydroxylation is 1. The summed E-state index contributed by atoms with van der Waals surface area (Å²) < 4.78 is 5.32. The van der Waals surface area contributed by atoms with Crippen LogP contribution in [-0.2, 0) is 17.8 Å². The number of nitrogens with zero attached hydrogens (tertiary/aromatic N) is 2. The molecular weight excluding hydrogens is 306 g/mol. The molecule has 0 aliphatic heterocycles. The summed E-state index contributed by atoms with van der Waals surface area (Å²) in [7, 11) is 0. The number of rotatable bonds is 7. The lowest BCUT2D eigenvalue weighted by atomic mass is 10.2. The molecule has 2 aromatic heterocycles. The highest BCUT2D eigenvalue weighted by atomic mass is 35.5. The topological polar surface area (TPSA) is 47.0 Å². The Hall–Kier alpha value is -1.17. The zero-order chi connectivity index (χ0) is 15.2. The number of nitrogens with one attached hydrogen (secondary N) is 1. The van der Waals surface area contributed by atoms with E-state index in [1.54, 1.807) is 6.07 Å². The molecule has 0 spiro atoms. The van der Waals surface area contributed by atoms with Crippen LogP contribution < -0.4 is 5.32 Å². The maximum Gasteiger partial charge on any atom is 0.158 e. The average Bonchev–Trinajstić information content (AvgIpc) is 2.80. The van der Waals surface area contributed by atoms with Gasteiger partial charge < -0.3 is 10.1 Å². The molecule has 0 aliphatic rings. The van der Waals surface area contributed by atoms with Crippen molar-refractivity contribution < 1.29 is 4.74 Å². The minimum atomic E-state index is 0.272. The molecule has 2 aromatic rings. The van der Waals surface area contributed by atoms with Crippen LogP contribution in [0.3, 0.4) is 0 Å². The van der Waals surface area contributed by atoms with Gasteiger partial charge in [-0.15, -0.1) is 11.3 Å². The van der Waals surface area contributed by atoms with Gasteiger partial charge in [0.05, 0.1) is 0 Å². The second-order valence-electron chi connectivity index (χ2n) is 4.89. The highest BCUT2D eigenvalue weighted by molar-refractivity contribution is 7.11. The number of hydrogen-bond donors (Lipinski definition) is 1. The van der Waals surface area contributed by atoms with Crippen LogP contribution in [0.5, 0.6) is 0 Å². The Kier molecular flexibility index (Phi) is 5.96. The molecule has 21 heavy (non-hydrogen) atoms. The summed E-state index contributed by atoms with van der Waals surface area (Å²) in [5.74, 6) is 1.34. The molecule has 0 aromatic carbocycles. The van der Waals surface area contributed by atoms with Crippen molar-refractivity contribution in [3.63, 3.8) is 0 Å². The van der Waals surface area contributed by atoms with Crippen molar-refractivity contribution in [3.05, 3.63) is 38.9 Å². The molecule has 1 atom stereocenters. The smallest absolute Gasteiger partial charge is 0.158 e. The third-order valence-electron chi connectivity index (χ3n) is 2.87. The Morgan fingerprint density at radius 3 is 2.86 bits per heavy atom. The molecule has 6 heteroatoms. The Balaban J connectivity index is 1.99. The fourth-order valence-corrected chi connectivity index (χ4v) is 3.22. The second-order valence-corrected chi connectivity index (χ2v) is 6.65. The molecule has 2 heterocycles. The highest BCUT2D eigenvalue weighted by Crippen LogP contribution is 2.19. The maximum atomic E-state index is 6.03. The van der Waals surface area contributed by atoms with E-state index in [9.17, 15) is 0 Å². The average molecular weight is 326 g/mol. The predicted octanol–water partition coefficient (Wildman–Crippen LogP) is 4.08. The summed E-state index contributed by atoms with van der Waals surface area (Å²) in [5.41, 5.74) is 0. The first-order chi connectivity index (χ1) is 10.1. The summed E-state index contributed by atoms with van der Waals surface area (Å²) in [6, 6.07) is 6.33. The van der Waals surface area contributed by atoms with E-state index in [1.807, 2.05) is 18.3 Å². The van der Waals surface area contributed by atoms with Gasteiger partial charge in [0.1, 0.15) is 17.6 Å². The van der Waals surface area contributed by atoms with Crippen molar-refractivity contribution in [2.75, 3.05) is 11.9 Å². The molecule has 114 valence electrons. The number of halogens is 1. The van der Waals surface area contributed by atoms with Crippen molar-refractivity contribution in [2.24, 2.45) is 0 Å². The normalized spacial score (nSPS) is 12.4. The summed E-state index contributed by atoms with van der Waals surface area (Å²) in [6.07, 6.45) is 0.959. The lowest BCUT2D eigenvalue weighted by Crippen LogP contribution is -2.19. The number of thiophene rings is 1. The van der Waals surface area contributed by atoms with Crippen LogP contribution in [0.4, 0.5) is 5.82 Å². The summed E-state index contributed by atoms with van der Waals surface area (Å²) in [6.45, 7) is 7.20. The van der Waals surface area contributed by atoms with Crippen LogP contribution in [0, 0.1) is 6.92 Å². The van der Waals surface area contributed by atoms with Gasteiger partial charge in [-0.1, -0.05) is 11.6 Å². The molecule has 0 bridgehead atoms. The summed E-state index contributed by atoms with van der Waals surface area (Å²) >= 11 is 7.86. The third kappa shape index (κ3) is 5.26. The van der Waals surface area contributed by atoms with Crippen LogP contribution in [0.1, 0.15) is 29.4 Å². The van der Waals surface area contributed by atoms with E-state index in [4.69, 9.17) is 16.3 Å². The van der Waals surface area contributed by atoms with E-state index in [0.717, 1.165) is 12.2 Å². The molecular formula is C15H20ClN3OS. The Morgan fingerprint density at radius 2 is 2.19 bits per heavy atom. The van der Waals surface area contributed by atoms with Crippen molar-refractivity contribution in [1.82, 2.24) is 9.97 Å². The van der Waals surface area contributed by atoms with Crippen LogP contribution in [0.15, 0.2) is 18.2 Å². The van der Waals surface area contributed by atoms with Crippen molar-refractivity contribution in [1.29, 1.82) is 0 Å².